The topological polar surface area (TPSA) is 95.9 Å². The van der Waals surface area contributed by atoms with Crippen LogP contribution in [0.1, 0.15) is 37.5 Å². The molecule has 4 rings (SSSR count). The number of hydrogen-bond acceptors (Lipinski definition) is 5. The van der Waals surface area contributed by atoms with Crippen LogP contribution >= 0.6 is 0 Å². The van der Waals surface area contributed by atoms with Gasteiger partial charge < -0.3 is 10.3 Å². The molecule has 1 saturated carbocycles. The molecule has 0 unspecified atom stereocenters. The van der Waals surface area contributed by atoms with E-state index >= 15 is 0 Å². The standard InChI is InChI=1S/C20H24N6O2/c1-25(12-17-22-16-9-5-4-8-15(16)20(28)23-17)13-19(27)24-18-10-11-21-26(18)14-6-2-3-7-14/h4-5,8-11,14H,2-3,6-7,12-13H2,1H3,(H,24,27)(H,22,23,28). The first-order valence-corrected chi connectivity index (χ1v) is 9.60. The van der Waals surface area contributed by atoms with Crippen LogP contribution in [0.2, 0.25) is 0 Å². The molecule has 8 nitrogen and oxygen atoms in total. The molecular weight excluding hydrogens is 356 g/mol. The molecule has 8 heteroatoms. The zero-order chi connectivity index (χ0) is 19.5. The molecule has 0 bridgehead atoms. The smallest absolute Gasteiger partial charge is 0.258 e. The van der Waals surface area contributed by atoms with Crippen molar-refractivity contribution in [2.45, 2.75) is 38.3 Å². The third kappa shape index (κ3) is 3.96. The summed E-state index contributed by atoms with van der Waals surface area (Å²) in [6.07, 6.45) is 6.34. The summed E-state index contributed by atoms with van der Waals surface area (Å²) in [5, 5.41) is 7.89. The van der Waals surface area contributed by atoms with Crippen LogP contribution in [0.25, 0.3) is 10.9 Å². The van der Waals surface area contributed by atoms with Gasteiger partial charge in [0.2, 0.25) is 5.91 Å². The van der Waals surface area contributed by atoms with E-state index in [2.05, 4.69) is 20.4 Å². The molecule has 146 valence electrons. The summed E-state index contributed by atoms with van der Waals surface area (Å²) in [6, 6.07) is 9.42. The van der Waals surface area contributed by atoms with E-state index in [4.69, 9.17) is 0 Å². The van der Waals surface area contributed by atoms with Crippen LogP contribution in [-0.4, -0.2) is 44.1 Å². The van der Waals surface area contributed by atoms with E-state index in [-0.39, 0.29) is 18.0 Å². The molecule has 28 heavy (non-hydrogen) atoms. The minimum atomic E-state index is -0.168. The van der Waals surface area contributed by atoms with Crippen molar-refractivity contribution in [2.75, 3.05) is 18.9 Å². The number of benzene rings is 1. The van der Waals surface area contributed by atoms with Crippen molar-refractivity contribution in [1.82, 2.24) is 24.6 Å². The number of carbonyl (C=O) groups is 1. The molecule has 0 saturated heterocycles. The highest BCUT2D eigenvalue weighted by Gasteiger charge is 2.20. The number of hydrogen-bond donors (Lipinski definition) is 2. The fourth-order valence-electron chi connectivity index (χ4n) is 3.80. The number of likely N-dealkylation sites (N-methyl/N-ethyl adjacent to an activating group) is 1. The van der Waals surface area contributed by atoms with Crippen LogP contribution in [0.5, 0.6) is 0 Å². The minimum Gasteiger partial charge on any atom is -0.310 e. The van der Waals surface area contributed by atoms with E-state index in [0.717, 1.165) is 18.7 Å². The van der Waals surface area contributed by atoms with Crippen LogP contribution in [0.3, 0.4) is 0 Å². The predicted octanol–water partition coefficient (Wildman–Crippen LogP) is 2.31. The number of fused-ring (bicyclic) bond motifs is 1. The van der Waals surface area contributed by atoms with Gasteiger partial charge in [-0.2, -0.15) is 5.10 Å². The summed E-state index contributed by atoms with van der Waals surface area (Å²) < 4.78 is 1.92. The van der Waals surface area contributed by atoms with E-state index < -0.39 is 0 Å². The lowest BCUT2D eigenvalue weighted by Gasteiger charge is -2.18. The number of nitrogens with zero attached hydrogens (tertiary/aromatic N) is 4. The molecule has 1 aromatic carbocycles. The van der Waals surface area contributed by atoms with Gasteiger partial charge in [-0.3, -0.25) is 14.5 Å². The molecule has 2 heterocycles. The molecule has 2 aromatic heterocycles. The number of rotatable bonds is 6. The highest BCUT2D eigenvalue weighted by molar-refractivity contribution is 5.91. The Morgan fingerprint density at radius 3 is 2.89 bits per heavy atom. The van der Waals surface area contributed by atoms with Crippen LogP contribution in [0, 0.1) is 0 Å². The van der Waals surface area contributed by atoms with Gasteiger partial charge in [0.15, 0.2) is 0 Å². The van der Waals surface area contributed by atoms with Gasteiger partial charge in [-0.1, -0.05) is 25.0 Å². The Morgan fingerprint density at radius 2 is 2.07 bits per heavy atom. The molecule has 0 atom stereocenters. The summed E-state index contributed by atoms with van der Waals surface area (Å²) in [7, 11) is 1.82. The first kappa shape index (κ1) is 18.4. The molecule has 1 aliphatic rings. The SMILES string of the molecule is CN(CC(=O)Nc1ccnn1C1CCCC1)Cc1nc2ccccc2c(=O)[nH]1. The normalized spacial score (nSPS) is 14.8. The van der Waals surface area contributed by atoms with Crippen LogP contribution in [0.15, 0.2) is 41.3 Å². The number of amides is 1. The number of aromatic amines is 1. The number of nitrogens with one attached hydrogen (secondary N) is 2. The van der Waals surface area contributed by atoms with Crippen LogP contribution in [0.4, 0.5) is 5.82 Å². The summed E-state index contributed by atoms with van der Waals surface area (Å²) in [5.41, 5.74) is 0.485. The first-order chi connectivity index (χ1) is 13.6. The van der Waals surface area contributed by atoms with Gasteiger partial charge in [-0.15, -0.1) is 0 Å². The van der Waals surface area contributed by atoms with Crippen molar-refractivity contribution in [3.05, 3.63) is 52.7 Å². The lowest BCUT2D eigenvalue weighted by Crippen LogP contribution is -2.31. The lowest BCUT2D eigenvalue weighted by molar-refractivity contribution is -0.117. The maximum absolute atomic E-state index is 12.5. The molecule has 3 aromatic rings. The summed E-state index contributed by atoms with van der Waals surface area (Å²) in [6.45, 7) is 0.557. The fraction of sp³-hybridized carbons (Fsp3) is 0.400. The maximum atomic E-state index is 12.5. The van der Waals surface area contributed by atoms with Gasteiger partial charge in [-0.25, -0.2) is 9.67 Å². The van der Waals surface area contributed by atoms with Crippen LogP contribution < -0.4 is 10.9 Å². The third-order valence-electron chi connectivity index (χ3n) is 5.10. The Balaban J connectivity index is 1.39. The second-order valence-corrected chi connectivity index (χ2v) is 7.35. The van der Waals surface area contributed by atoms with Crippen molar-refractivity contribution in [3.8, 4) is 0 Å². The van der Waals surface area contributed by atoms with E-state index in [1.807, 2.05) is 40.9 Å². The Morgan fingerprint density at radius 1 is 1.29 bits per heavy atom. The van der Waals surface area contributed by atoms with Crippen molar-refractivity contribution < 1.29 is 4.79 Å². The van der Waals surface area contributed by atoms with Gasteiger partial charge in [0.25, 0.3) is 5.56 Å². The van der Waals surface area contributed by atoms with Crippen molar-refractivity contribution in [2.24, 2.45) is 0 Å². The molecular formula is C20H24N6O2. The zero-order valence-electron chi connectivity index (χ0n) is 15.9. The largest absolute Gasteiger partial charge is 0.310 e. The van der Waals surface area contributed by atoms with Gasteiger partial charge in [-0.05, 0) is 32.0 Å². The van der Waals surface area contributed by atoms with Crippen molar-refractivity contribution >= 4 is 22.6 Å². The molecule has 0 radical (unpaired) electrons. The van der Waals surface area contributed by atoms with Crippen LogP contribution in [-0.2, 0) is 11.3 Å². The highest BCUT2D eigenvalue weighted by atomic mass is 16.2. The summed E-state index contributed by atoms with van der Waals surface area (Å²) >= 11 is 0. The Kier molecular flexibility index (Phi) is 5.21. The average molecular weight is 380 g/mol. The van der Waals surface area contributed by atoms with Crippen molar-refractivity contribution in [3.63, 3.8) is 0 Å². The maximum Gasteiger partial charge on any atom is 0.258 e. The minimum absolute atomic E-state index is 0.120. The average Bonchev–Trinajstić information content (AvgIpc) is 3.33. The van der Waals surface area contributed by atoms with Gasteiger partial charge in [0.1, 0.15) is 11.6 Å². The van der Waals surface area contributed by atoms with Gasteiger partial charge >= 0.3 is 0 Å². The number of carbonyl (C=O) groups excluding carboxylic acids is 1. The fourth-order valence-corrected chi connectivity index (χ4v) is 3.80. The van der Waals surface area contributed by atoms with Crippen molar-refractivity contribution in [1.29, 1.82) is 0 Å². The predicted molar refractivity (Wildman–Crippen MR) is 107 cm³/mol. The molecule has 1 aliphatic carbocycles. The molecule has 2 N–H and O–H groups in total. The molecule has 0 spiro atoms. The second-order valence-electron chi connectivity index (χ2n) is 7.35. The number of aromatic nitrogens is 4. The Labute approximate surface area is 162 Å². The first-order valence-electron chi connectivity index (χ1n) is 9.60. The molecule has 1 fully saturated rings. The van der Waals surface area contributed by atoms with E-state index in [1.54, 1.807) is 12.3 Å². The van der Waals surface area contributed by atoms with E-state index in [9.17, 15) is 9.59 Å². The molecule has 1 amide bonds. The summed E-state index contributed by atoms with van der Waals surface area (Å²) in [4.78, 5) is 33.7. The monoisotopic (exact) mass is 380 g/mol. The lowest BCUT2D eigenvalue weighted by atomic mass is 10.2. The van der Waals surface area contributed by atoms with E-state index in [0.29, 0.717) is 29.3 Å². The highest BCUT2D eigenvalue weighted by Crippen LogP contribution is 2.31. The Bertz CT molecular complexity index is 1030. The summed E-state index contributed by atoms with van der Waals surface area (Å²) in [5.74, 6) is 1.16. The molecule has 0 aliphatic heterocycles. The Hall–Kier alpha value is -3.00. The third-order valence-corrected chi connectivity index (χ3v) is 5.10. The van der Waals surface area contributed by atoms with Gasteiger partial charge in [0, 0.05) is 6.07 Å². The van der Waals surface area contributed by atoms with E-state index in [1.165, 1.54) is 12.8 Å². The number of para-hydroxylation sites is 1. The zero-order valence-corrected chi connectivity index (χ0v) is 15.9. The number of H-pyrrole nitrogens is 1. The second kappa shape index (κ2) is 7.93. The van der Waals surface area contributed by atoms with Gasteiger partial charge in [0.05, 0.1) is 36.2 Å². The quantitative estimate of drug-likeness (QED) is 0.684. The number of anilines is 1.